The molecule has 0 saturated carbocycles. The van der Waals surface area contributed by atoms with E-state index in [1.807, 2.05) is 0 Å². The van der Waals surface area contributed by atoms with Crippen molar-refractivity contribution in [2.75, 3.05) is 13.2 Å². The average Bonchev–Trinajstić information content (AvgIpc) is 2.25. The van der Waals surface area contributed by atoms with Gasteiger partial charge in [-0.15, -0.1) is 0 Å². The third kappa shape index (κ3) is 3.46. The van der Waals surface area contributed by atoms with Crippen LogP contribution >= 0.6 is 12.2 Å². The number of nitrogens with two attached hydrogens (primary N) is 1. The smallest absolute Gasteiger partial charge is 0.416 e. The number of alkyl halides is 3. The van der Waals surface area contributed by atoms with Gasteiger partial charge in [-0.05, 0) is 24.4 Å². The molecule has 88 valence electrons. The lowest BCUT2D eigenvalue weighted by Gasteiger charge is -2.10. The predicted octanol–water partition coefficient (Wildman–Crippen LogP) is 2.36. The van der Waals surface area contributed by atoms with Crippen LogP contribution in [-0.4, -0.2) is 18.2 Å². The Bertz CT molecular complexity index is 379. The van der Waals surface area contributed by atoms with Crippen LogP contribution in [0.4, 0.5) is 13.2 Å². The van der Waals surface area contributed by atoms with E-state index in [0.29, 0.717) is 0 Å². The van der Waals surface area contributed by atoms with Gasteiger partial charge in [0.2, 0.25) is 0 Å². The van der Waals surface area contributed by atoms with Gasteiger partial charge in [0.1, 0.15) is 6.61 Å². The molecular weight excluding hydrogens is 239 g/mol. The number of rotatable bonds is 3. The Kier molecular flexibility index (Phi) is 4.26. The zero-order chi connectivity index (χ0) is 12.2. The van der Waals surface area contributed by atoms with E-state index >= 15 is 0 Å². The van der Waals surface area contributed by atoms with Crippen molar-refractivity contribution in [2.45, 2.75) is 6.18 Å². The molecule has 0 bridgehead atoms. The monoisotopic (exact) mass is 249 g/mol. The second-order valence-electron chi connectivity index (χ2n) is 3.00. The van der Waals surface area contributed by atoms with Gasteiger partial charge in [-0.1, -0.05) is 12.1 Å². The lowest BCUT2D eigenvalue weighted by molar-refractivity contribution is -0.137. The van der Waals surface area contributed by atoms with E-state index in [4.69, 9.17) is 22.7 Å². The van der Waals surface area contributed by atoms with Crippen molar-refractivity contribution in [1.82, 2.24) is 0 Å². The van der Waals surface area contributed by atoms with Crippen molar-refractivity contribution < 1.29 is 17.9 Å². The zero-order valence-corrected chi connectivity index (χ0v) is 9.07. The molecule has 1 rings (SSSR count). The van der Waals surface area contributed by atoms with Gasteiger partial charge in [-0.25, -0.2) is 0 Å². The molecule has 0 atom stereocenters. The van der Waals surface area contributed by atoms with Crippen molar-refractivity contribution in [3.8, 4) is 0 Å². The predicted molar refractivity (Wildman–Crippen MR) is 58.2 cm³/mol. The highest BCUT2D eigenvalue weighted by Gasteiger charge is 2.30. The third-order valence-corrected chi connectivity index (χ3v) is 2.13. The van der Waals surface area contributed by atoms with Crippen molar-refractivity contribution in [2.24, 2.45) is 5.73 Å². The van der Waals surface area contributed by atoms with Crippen LogP contribution in [0, 0.1) is 0 Å². The molecular formula is C10H10F3NOS. The zero-order valence-electron chi connectivity index (χ0n) is 8.25. The third-order valence-electron chi connectivity index (χ3n) is 1.78. The normalized spacial score (nSPS) is 11.2. The highest BCUT2D eigenvalue weighted by molar-refractivity contribution is 7.80. The number of hydrogen-bond acceptors (Lipinski definition) is 3. The fourth-order valence-corrected chi connectivity index (χ4v) is 1.27. The first-order valence-electron chi connectivity index (χ1n) is 4.49. The van der Waals surface area contributed by atoms with E-state index in [0.717, 1.165) is 12.1 Å². The minimum atomic E-state index is -4.38. The van der Waals surface area contributed by atoms with Crippen LogP contribution in [0.3, 0.4) is 0 Å². The van der Waals surface area contributed by atoms with Crippen LogP contribution in [0.5, 0.6) is 0 Å². The number of thiocarbonyl (C=S) groups is 1. The van der Waals surface area contributed by atoms with Gasteiger partial charge in [0.25, 0.3) is 0 Å². The highest BCUT2D eigenvalue weighted by Crippen LogP contribution is 2.29. The summed E-state index contributed by atoms with van der Waals surface area (Å²) in [5, 5.41) is 0.0246. The van der Waals surface area contributed by atoms with E-state index in [1.165, 1.54) is 12.1 Å². The highest BCUT2D eigenvalue weighted by atomic mass is 32.1. The van der Waals surface area contributed by atoms with Crippen molar-refractivity contribution in [1.29, 1.82) is 0 Å². The molecule has 0 aromatic heterocycles. The van der Waals surface area contributed by atoms with Gasteiger partial charge < -0.3 is 10.5 Å². The molecule has 0 spiro atoms. The topological polar surface area (TPSA) is 35.2 Å². The summed E-state index contributed by atoms with van der Waals surface area (Å²) in [4.78, 5) is 0. The number of halogens is 3. The summed E-state index contributed by atoms with van der Waals surface area (Å²) in [6, 6.07) is 4.69. The molecule has 0 saturated heterocycles. The molecule has 2 nitrogen and oxygen atoms in total. The van der Waals surface area contributed by atoms with E-state index in [9.17, 15) is 13.2 Å². The van der Waals surface area contributed by atoms with E-state index in [-0.39, 0.29) is 23.8 Å². The molecule has 0 heterocycles. The Morgan fingerprint density at radius 2 is 2.06 bits per heavy atom. The summed E-state index contributed by atoms with van der Waals surface area (Å²) in [7, 11) is 0. The summed E-state index contributed by atoms with van der Waals surface area (Å²) in [6.07, 6.45) is -4.38. The molecule has 2 N–H and O–H groups in total. The summed E-state index contributed by atoms with van der Waals surface area (Å²) < 4.78 is 42.1. The molecule has 0 aliphatic rings. The van der Waals surface area contributed by atoms with Crippen molar-refractivity contribution in [3.63, 3.8) is 0 Å². The SMILES string of the molecule is NCCOC(=S)c1cccc(C(F)(F)F)c1. The molecule has 0 aliphatic carbocycles. The van der Waals surface area contributed by atoms with Gasteiger partial charge >= 0.3 is 6.18 Å². The lowest BCUT2D eigenvalue weighted by atomic mass is 10.1. The standard InChI is InChI=1S/C10H10F3NOS/c11-10(12,13)8-3-1-2-7(6-8)9(16)15-5-4-14/h1-3,6H,4-5,14H2. The maximum atomic E-state index is 12.4. The summed E-state index contributed by atoms with van der Waals surface area (Å²) in [5.41, 5.74) is 4.68. The van der Waals surface area contributed by atoms with Crippen LogP contribution in [0.1, 0.15) is 11.1 Å². The van der Waals surface area contributed by atoms with Gasteiger partial charge in [-0.2, -0.15) is 13.2 Å². The number of hydrogen-bond donors (Lipinski definition) is 1. The molecule has 0 amide bonds. The summed E-state index contributed by atoms with van der Waals surface area (Å²) >= 11 is 4.82. The second-order valence-corrected chi connectivity index (χ2v) is 3.37. The van der Waals surface area contributed by atoms with E-state index in [1.54, 1.807) is 0 Å². The van der Waals surface area contributed by atoms with Crippen LogP contribution < -0.4 is 5.73 Å². The molecule has 0 aliphatic heterocycles. The number of ether oxygens (including phenoxy) is 1. The second kappa shape index (κ2) is 5.27. The van der Waals surface area contributed by atoms with Gasteiger partial charge in [0.05, 0.1) is 5.56 Å². The average molecular weight is 249 g/mol. The van der Waals surface area contributed by atoms with Gasteiger partial charge in [0, 0.05) is 12.1 Å². The Hall–Kier alpha value is -1.14. The first kappa shape index (κ1) is 12.9. The quantitative estimate of drug-likeness (QED) is 0.835. The first-order valence-corrected chi connectivity index (χ1v) is 4.90. The van der Waals surface area contributed by atoms with E-state index in [2.05, 4.69) is 0 Å². The number of benzene rings is 1. The lowest BCUT2D eigenvalue weighted by Crippen LogP contribution is -2.14. The Morgan fingerprint density at radius 3 is 2.62 bits per heavy atom. The Labute approximate surface area is 96.2 Å². The van der Waals surface area contributed by atoms with Gasteiger partial charge in [-0.3, -0.25) is 0 Å². The fourth-order valence-electron chi connectivity index (χ4n) is 1.06. The Balaban J connectivity index is 2.86. The Morgan fingerprint density at radius 1 is 1.38 bits per heavy atom. The molecule has 1 aromatic carbocycles. The van der Waals surface area contributed by atoms with Crippen LogP contribution in [0.15, 0.2) is 24.3 Å². The molecule has 16 heavy (non-hydrogen) atoms. The summed E-state index contributed by atoms with van der Waals surface area (Å²) in [5.74, 6) is 0. The molecule has 0 fully saturated rings. The van der Waals surface area contributed by atoms with Crippen molar-refractivity contribution in [3.05, 3.63) is 35.4 Å². The van der Waals surface area contributed by atoms with Crippen LogP contribution in [0.25, 0.3) is 0 Å². The van der Waals surface area contributed by atoms with Gasteiger partial charge in [0.15, 0.2) is 5.05 Å². The minimum absolute atomic E-state index is 0.0246. The maximum Gasteiger partial charge on any atom is 0.416 e. The molecule has 6 heteroatoms. The molecule has 1 aromatic rings. The first-order chi connectivity index (χ1) is 7.45. The fraction of sp³-hybridized carbons (Fsp3) is 0.300. The molecule has 0 unspecified atom stereocenters. The van der Waals surface area contributed by atoms with Crippen molar-refractivity contribution >= 4 is 17.3 Å². The molecule has 0 radical (unpaired) electrons. The summed E-state index contributed by atoms with van der Waals surface area (Å²) in [6.45, 7) is 0.453. The maximum absolute atomic E-state index is 12.4. The largest absolute Gasteiger partial charge is 0.482 e. The minimum Gasteiger partial charge on any atom is -0.482 e. The van der Waals surface area contributed by atoms with Crippen LogP contribution in [-0.2, 0) is 10.9 Å². The van der Waals surface area contributed by atoms with E-state index < -0.39 is 11.7 Å². The van der Waals surface area contributed by atoms with Crippen LogP contribution in [0.2, 0.25) is 0 Å².